The van der Waals surface area contributed by atoms with Gasteiger partial charge in [-0.2, -0.15) is 0 Å². The van der Waals surface area contributed by atoms with Crippen LogP contribution in [0.4, 0.5) is 0 Å². The fourth-order valence-corrected chi connectivity index (χ4v) is 2.10. The van der Waals surface area contributed by atoms with Crippen molar-refractivity contribution < 1.29 is 19.1 Å². The number of hydrogen-bond donors (Lipinski definition) is 0. The fraction of sp³-hybridized carbons (Fsp3) is 0.889. The lowest BCUT2D eigenvalue weighted by molar-refractivity contribution is -0.145. The molecule has 0 aliphatic carbocycles. The van der Waals surface area contributed by atoms with E-state index in [1.54, 1.807) is 0 Å². The van der Waals surface area contributed by atoms with Crippen molar-refractivity contribution in [2.45, 2.75) is 90.9 Å². The summed E-state index contributed by atoms with van der Waals surface area (Å²) >= 11 is 0. The van der Waals surface area contributed by atoms with Gasteiger partial charge in [-0.3, -0.25) is 9.59 Å². The molecular formula is C18H34O4. The van der Waals surface area contributed by atoms with Crippen LogP contribution >= 0.6 is 0 Å². The first-order valence-corrected chi connectivity index (χ1v) is 9.02. The minimum absolute atomic E-state index is 0.202. The van der Waals surface area contributed by atoms with E-state index in [0.29, 0.717) is 32.5 Å². The van der Waals surface area contributed by atoms with Gasteiger partial charge in [0.05, 0.1) is 13.2 Å². The summed E-state index contributed by atoms with van der Waals surface area (Å²) in [6.07, 6.45) is 11.5. The zero-order valence-electron chi connectivity index (χ0n) is 14.5. The van der Waals surface area contributed by atoms with Crippen LogP contribution in [0.2, 0.25) is 0 Å². The predicted molar refractivity (Wildman–Crippen MR) is 88.7 cm³/mol. The predicted octanol–water partition coefficient (Wildman–Crippen LogP) is 4.79. The number of rotatable bonds is 15. The van der Waals surface area contributed by atoms with Crippen LogP contribution in [-0.4, -0.2) is 25.2 Å². The average Bonchev–Trinajstić information content (AvgIpc) is 2.50. The van der Waals surface area contributed by atoms with Gasteiger partial charge >= 0.3 is 11.9 Å². The smallest absolute Gasteiger partial charge is 0.305 e. The Kier molecular flexibility index (Phi) is 15.5. The van der Waals surface area contributed by atoms with E-state index in [9.17, 15) is 9.59 Å². The molecule has 0 radical (unpaired) electrons. The highest BCUT2D eigenvalue weighted by molar-refractivity contribution is 5.72. The summed E-state index contributed by atoms with van der Waals surface area (Å²) < 4.78 is 10.2. The van der Waals surface area contributed by atoms with Crippen LogP contribution < -0.4 is 0 Å². The summed E-state index contributed by atoms with van der Waals surface area (Å²) in [5, 5.41) is 0. The van der Waals surface area contributed by atoms with Crippen molar-refractivity contribution in [2.75, 3.05) is 13.2 Å². The van der Waals surface area contributed by atoms with E-state index in [1.165, 1.54) is 32.1 Å². The molecule has 0 unspecified atom stereocenters. The normalized spacial score (nSPS) is 10.5. The van der Waals surface area contributed by atoms with E-state index in [1.807, 2.05) is 0 Å². The van der Waals surface area contributed by atoms with E-state index < -0.39 is 0 Å². The molecule has 22 heavy (non-hydrogen) atoms. The molecule has 4 nitrogen and oxygen atoms in total. The lowest BCUT2D eigenvalue weighted by Gasteiger charge is -2.05. The molecule has 0 bridgehead atoms. The van der Waals surface area contributed by atoms with Crippen molar-refractivity contribution in [3.05, 3.63) is 0 Å². The number of carbonyl (C=O) groups excluding carboxylic acids is 2. The molecule has 0 heterocycles. The Balaban J connectivity index is 3.30. The summed E-state index contributed by atoms with van der Waals surface area (Å²) in [5.74, 6) is -0.416. The van der Waals surface area contributed by atoms with Crippen molar-refractivity contribution in [1.29, 1.82) is 0 Å². The summed E-state index contributed by atoms with van der Waals surface area (Å²) in [7, 11) is 0. The van der Waals surface area contributed by atoms with Crippen LogP contribution in [0.3, 0.4) is 0 Å². The van der Waals surface area contributed by atoms with E-state index in [-0.39, 0.29) is 11.9 Å². The molecule has 0 N–H and O–H groups in total. The molecule has 0 saturated heterocycles. The van der Waals surface area contributed by atoms with Gasteiger partial charge in [-0.15, -0.1) is 0 Å². The molecule has 0 rings (SSSR count). The third-order valence-electron chi connectivity index (χ3n) is 3.53. The molecule has 0 amide bonds. The molecule has 0 aliphatic heterocycles. The van der Waals surface area contributed by atoms with Gasteiger partial charge in [-0.25, -0.2) is 0 Å². The highest BCUT2D eigenvalue weighted by Gasteiger charge is 2.07. The Morgan fingerprint density at radius 3 is 1.59 bits per heavy atom. The van der Waals surface area contributed by atoms with Crippen molar-refractivity contribution in [1.82, 2.24) is 0 Å². The highest BCUT2D eigenvalue weighted by Crippen LogP contribution is 2.07. The van der Waals surface area contributed by atoms with Gasteiger partial charge in [0, 0.05) is 12.8 Å². The molecule has 0 aromatic rings. The maximum Gasteiger partial charge on any atom is 0.305 e. The first-order chi connectivity index (χ1) is 10.7. The fourth-order valence-electron chi connectivity index (χ4n) is 2.10. The molecule has 0 spiro atoms. The largest absolute Gasteiger partial charge is 0.466 e. The summed E-state index contributed by atoms with van der Waals surface area (Å²) in [6, 6.07) is 0. The number of hydrogen-bond acceptors (Lipinski definition) is 4. The Morgan fingerprint density at radius 1 is 0.591 bits per heavy atom. The molecule has 4 heteroatoms. The second-order valence-corrected chi connectivity index (χ2v) is 5.77. The Labute approximate surface area is 135 Å². The maximum absolute atomic E-state index is 11.5. The lowest BCUT2D eigenvalue weighted by atomic mass is 10.1. The molecule has 0 saturated carbocycles. The SMILES string of the molecule is CCCCCCCCCOC(=O)CCCC(=O)OCCCC. The van der Waals surface area contributed by atoms with Crippen LogP contribution in [0, 0.1) is 0 Å². The van der Waals surface area contributed by atoms with E-state index in [0.717, 1.165) is 25.7 Å². The second kappa shape index (κ2) is 16.3. The first kappa shape index (κ1) is 20.9. The second-order valence-electron chi connectivity index (χ2n) is 5.77. The van der Waals surface area contributed by atoms with E-state index in [4.69, 9.17) is 9.47 Å². The molecule has 0 aromatic heterocycles. The van der Waals surface area contributed by atoms with Crippen LogP contribution in [-0.2, 0) is 19.1 Å². The average molecular weight is 314 g/mol. The van der Waals surface area contributed by atoms with E-state index in [2.05, 4.69) is 13.8 Å². The van der Waals surface area contributed by atoms with Crippen molar-refractivity contribution >= 4 is 11.9 Å². The zero-order valence-corrected chi connectivity index (χ0v) is 14.5. The molecule has 0 fully saturated rings. The number of ether oxygens (including phenoxy) is 2. The van der Waals surface area contributed by atoms with Gasteiger partial charge in [-0.05, 0) is 19.3 Å². The molecular weight excluding hydrogens is 280 g/mol. The highest BCUT2D eigenvalue weighted by atomic mass is 16.5. The monoisotopic (exact) mass is 314 g/mol. The third kappa shape index (κ3) is 15.3. The minimum atomic E-state index is -0.215. The van der Waals surface area contributed by atoms with Gasteiger partial charge in [0.1, 0.15) is 0 Å². The van der Waals surface area contributed by atoms with Gasteiger partial charge in [0.25, 0.3) is 0 Å². The summed E-state index contributed by atoms with van der Waals surface area (Å²) in [5.41, 5.74) is 0. The molecule has 0 atom stereocenters. The van der Waals surface area contributed by atoms with Crippen molar-refractivity contribution in [3.8, 4) is 0 Å². The topological polar surface area (TPSA) is 52.6 Å². The number of carbonyl (C=O) groups is 2. The van der Waals surface area contributed by atoms with Crippen LogP contribution in [0.1, 0.15) is 90.9 Å². The third-order valence-corrected chi connectivity index (χ3v) is 3.53. The first-order valence-electron chi connectivity index (χ1n) is 9.02. The van der Waals surface area contributed by atoms with Gasteiger partial charge in [0.15, 0.2) is 0 Å². The summed E-state index contributed by atoms with van der Waals surface area (Å²) in [6.45, 7) is 5.25. The summed E-state index contributed by atoms with van der Waals surface area (Å²) in [4.78, 5) is 22.8. The van der Waals surface area contributed by atoms with E-state index >= 15 is 0 Å². The zero-order chi connectivity index (χ0) is 16.5. The Hall–Kier alpha value is -1.06. The minimum Gasteiger partial charge on any atom is -0.466 e. The number of esters is 2. The van der Waals surface area contributed by atoms with Crippen LogP contribution in [0.15, 0.2) is 0 Å². The quantitative estimate of drug-likeness (QED) is 0.322. The van der Waals surface area contributed by atoms with Crippen LogP contribution in [0.5, 0.6) is 0 Å². The molecule has 130 valence electrons. The molecule has 0 aromatic carbocycles. The number of unbranched alkanes of at least 4 members (excludes halogenated alkanes) is 7. The maximum atomic E-state index is 11.5. The van der Waals surface area contributed by atoms with Crippen LogP contribution in [0.25, 0.3) is 0 Å². The Bertz CT molecular complexity index is 276. The Morgan fingerprint density at radius 2 is 1.05 bits per heavy atom. The standard InChI is InChI=1S/C18H34O4/c1-3-5-7-8-9-10-11-16-22-18(20)14-12-13-17(19)21-15-6-4-2/h3-16H2,1-2H3. The molecule has 0 aliphatic rings. The van der Waals surface area contributed by atoms with Crippen molar-refractivity contribution in [2.24, 2.45) is 0 Å². The lowest BCUT2D eigenvalue weighted by Crippen LogP contribution is -2.09. The van der Waals surface area contributed by atoms with Gasteiger partial charge in [0.2, 0.25) is 0 Å². The van der Waals surface area contributed by atoms with Gasteiger partial charge in [-0.1, -0.05) is 58.8 Å². The van der Waals surface area contributed by atoms with Gasteiger partial charge < -0.3 is 9.47 Å². The van der Waals surface area contributed by atoms with Crippen molar-refractivity contribution in [3.63, 3.8) is 0 Å².